The van der Waals surface area contributed by atoms with Crippen LogP contribution in [0.5, 0.6) is 0 Å². The zero-order valence-electron chi connectivity index (χ0n) is 15.7. The first-order chi connectivity index (χ1) is 11.5. The normalized spacial score (nSPS) is 11.8. The zero-order valence-corrected chi connectivity index (χ0v) is 15.7. The van der Waals surface area contributed by atoms with Crippen LogP contribution in [0.2, 0.25) is 0 Å². The number of hydrogen-bond acceptors (Lipinski definition) is 3. The summed E-state index contributed by atoms with van der Waals surface area (Å²) in [5, 5.41) is 21.1. The molecule has 0 radical (unpaired) electrons. The molecule has 0 aliphatic rings. The molecule has 0 aromatic heterocycles. The smallest absolute Gasteiger partial charge is 0.219 e. The van der Waals surface area contributed by atoms with Gasteiger partial charge in [-0.25, -0.2) is 0 Å². The van der Waals surface area contributed by atoms with Gasteiger partial charge >= 0.3 is 0 Å². The maximum atomic E-state index is 9.24. The Balaban J connectivity index is 2.03. The topological polar surface area (TPSA) is 52.5 Å². The Morgan fingerprint density at radius 3 is 1.71 bits per heavy atom. The van der Waals surface area contributed by atoms with Crippen LogP contribution in [0.15, 0.2) is 24.3 Å². The van der Waals surface area contributed by atoms with E-state index in [0.717, 1.165) is 12.0 Å². The van der Waals surface area contributed by atoms with Crippen LogP contribution in [0.4, 0.5) is 0 Å². The highest BCUT2D eigenvalue weighted by Crippen LogP contribution is 2.13. The molecule has 0 amide bonds. The van der Waals surface area contributed by atoms with Gasteiger partial charge in [0.1, 0.15) is 0 Å². The number of hydrogen-bond donors (Lipinski definition) is 3. The maximum absolute atomic E-state index is 9.24. The molecule has 0 saturated heterocycles. The van der Waals surface area contributed by atoms with Crippen LogP contribution in [0.3, 0.4) is 0 Å². The van der Waals surface area contributed by atoms with Crippen molar-refractivity contribution in [2.45, 2.75) is 96.9 Å². The molecule has 0 atom stereocenters. The second-order valence-corrected chi connectivity index (χ2v) is 7.12. The van der Waals surface area contributed by atoms with E-state index in [9.17, 15) is 10.2 Å². The van der Waals surface area contributed by atoms with Crippen molar-refractivity contribution in [3.63, 3.8) is 0 Å². The van der Waals surface area contributed by atoms with E-state index in [1.165, 1.54) is 76.7 Å². The molecule has 3 heteroatoms. The van der Waals surface area contributed by atoms with Gasteiger partial charge < -0.3 is 10.2 Å². The average molecular weight is 336 g/mol. The summed E-state index contributed by atoms with van der Waals surface area (Å²) in [5.74, 6) is -1.81. The molecule has 0 heterocycles. The lowest BCUT2D eigenvalue weighted by atomic mass is 10.0. The number of aryl methyl sites for hydroxylation is 1. The first-order valence-corrected chi connectivity index (χ1v) is 9.79. The fourth-order valence-electron chi connectivity index (χ4n) is 2.91. The van der Waals surface area contributed by atoms with Crippen molar-refractivity contribution in [2.24, 2.45) is 0 Å². The lowest BCUT2D eigenvalue weighted by molar-refractivity contribution is -0.170. The molecule has 1 aromatic carbocycles. The van der Waals surface area contributed by atoms with E-state index >= 15 is 0 Å². The highest BCUT2D eigenvalue weighted by Gasteiger charge is 2.12. The summed E-state index contributed by atoms with van der Waals surface area (Å²) >= 11 is 0. The molecule has 1 rings (SSSR count). The molecule has 0 spiro atoms. The van der Waals surface area contributed by atoms with Gasteiger partial charge in [0.05, 0.1) is 0 Å². The Kier molecular flexibility index (Phi) is 11.0. The van der Waals surface area contributed by atoms with E-state index < -0.39 is 5.91 Å². The predicted molar refractivity (Wildman–Crippen MR) is 102 cm³/mol. The molecule has 3 N–H and O–H groups in total. The van der Waals surface area contributed by atoms with Crippen LogP contribution in [0.25, 0.3) is 0 Å². The third-order valence-corrected chi connectivity index (χ3v) is 4.47. The minimum absolute atomic E-state index is 0.460. The van der Waals surface area contributed by atoms with E-state index in [2.05, 4.69) is 36.5 Å². The van der Waals surface area contributed by atoms with Crippen LogP contribution >= 0.6 is 0 Å². The van der Waals surface area contributed by atoms with Gasteiger partial charge in [-0.2, -0.15) is 0 Å². The van der Waals surface area contributed by atoms with E-state index in [0.29, 0.717) is 6.54 Å². The largest absolute Gasteiger partial charge is 0.354 e. The molecule has 0 bridgehead atoms. The first-order valence-electron chi connectivity index (χ1n) is 9.79. The summed E-state index contributed by atoms with van der Waals surface area (Å²) in [7, 11) is 0. The number of aliphatic hydroxyl groups is 2. The fraction of sp³-hybridized carbons (Fsp3) is 0.714. The van der Waals surface area contributed by atoms with E-state index in [-0.39, 0.29) is 0 Å². The molecule has 24 heavy (non-hydrogen) atoms. The van der Waals surface area contributed by atoms with Gasteiger partial charge in [0, 0.05) is 13.5 Å². The highest BCUT2D eigenvalue weighted by atomic mass is 16.5. The number of unbranched alkanes of at least 4 members (excludes halogenated alkanes) is 9. The van der Waals surface area contributed by atoms with Gasteiger partial charge in [-0.15, -0.1) is 0 Å². The molecule has 0 aliphatic carbocycles. The first kappa shape index (κ1) is 21.1. The molecule has 0 unspecified atom stereocenters. The molecule has 3 nitrogen and oxygen atoms in total. The molecular formula is C21H37NO2. The zero-order chi connectivity index (χ0) is 17.7. The third kappa shape index (κ3) is 11.6. The molecule has 138 valence electrons. The number of nitrogens with one attached hydrogen (secondary N) is 1. The van der Waals surface area contributed by atoms with Crippen molar-refractivity contribution in [3.8, 4) is 0 Å². The van der Waals surface area contributed by atoms with Crippen LogP contribution in [-0.4, -0.2) is 16.1 Å². The Bertz CT molecular complexity index is 409. The minimum atomic E-state index is -1.81. The predicted octanol–water partition coefficient (Wildman–Crippen LogP) is 4.90. The number of rotatable bonds is 14. The van der Waals surface area contributed by atoms with Gasteiger partial charge in [0.25, 0.3) is 0 Å². The van der Waals surface area contributed by atoms with Crippen LogP contribution < -0.4 is 5.32 Å². The van der Waals surface area contributed by atoms with Crippen molar-refractivity contribution in [2.75, 3.05) is 0 Å². The standard InChI is InChI=1S/C21H37NO2/c1-3-4-5-6-7-8-9-10-11-12-13-19-14-16-20(17-15-19)18-22-21(2,23)24/h14-17,22-24H,3-13,18H2,1-2H3. The summed E-state index contributed by atoms with van der Waals surface area (Å²) in [4.78, 5) is 0. The van der Waals surface area contributed by atoms with Crippen molar-refractivity contribution < 1.29 is 10.2 Å². The minimum Gasteiger partial charge on any atom is -0.354 e. The molecular weight excluding hydrogens is 298 g/mol. The Morgan fingerprint density at radius 1 is 0.750 bits per heavy atom. The molecule has 0 fully saturated rings. The SMILES string of the molecule is CCCCCCCCCCCCc1ccc(CNC(C)(O)O)cc1. The summed E-state index contributed by atoms with van der Waals surface area (Å²) < 4.78 is 0. The van der Waals surface area contributed by atoms with Gasteiger partial charge in [-0.05, 0) is 24.0 Å². The second kappa shape index (κ2) is 12.5. The maximum Gasteiger partial charge on any atom is 0.219 e. The van der Waals surface area contributed by atoms with Crippen LogP contribution in [-0.2, 0) is 13.0 Å². The van der Waals surface area contributed by atoms with Crippen LogP contribution in [0, 0.1) is 0 Å². The monoisotopic (exact) mass is 335 g/mol. The van der Waals surface area contributed by atoms with Crippen molar-refractivity contribution >= 4 is 0 Å². The Labute approximate surface area is 148 Å². The van der Waals surface area contributed by atoms with Gasteiger partial charge in [-0.1, -0.05) is 89.0 Å². The van der Waals surface area contributed by atoms with Crippen molar-refractivity contribution in [3.05, 3.63) is 35.4 Å². The molecule has 0 saturated carbocycles. The highest BCUT2D eigenvalue weighted by molar-refractivity contribution is 5.22. The fourth-order valence-corrected chi connectivity index (χ4v) is 2.91. The second-order valence-electron chi connectivity index (χ2n) is 7.12. The third-order valence-electron chi connectivity index (χ3n) is 4.47. The summed E-state index contributed by atoms with van der Waals surface area (Å²) in [5.41, 5.74) is 2.44. The van der Waals surface area contributed by atoms with Crippen molar-refractivity contribution in [1.82, 2.24) is 5.32 Å². The summed E-state index contributed by atoms with van der Waals surface area (Å²) in [6.07, 6.45) is 14.9. The van der Waals surface area contributed by atoms with Gasteiger partial charge in [-0.3, -0.25) is 5.32 Å². The number of benzene rings is 1. The lowest BCUT2D eigenvalue weighted by Crippen LogP contribution is -2.41. The van der Waals surface area contributed by atoms with Gasteiger partial charge in [0.15, 0.2) is 0 Å². The molecule has 0 aliphatic heterocycles. The van der Waals surface area contributed by atoms with Crippen LogP contribution in [0.1, 0.15) is 89.2 Å². The summed E-state index contributed by atoms with van der Waals surface area (Å²) in [6, 6.07) is 8.42. The van der Waals surface area contributed by atoms with Gasteiger partial charge in [0.2, 0.25) is 5.91 Å². The average Bonchev–Trinajstić information content (AvgIpc) is 2.55. The van der Waals surface area contributed by atoms with E-state index in [1.807, 2.05) is 0 Å². The Hall–Kier alpha value is -0.900. The molecule has 1 aromatic rings. The van der Waals surface area contributed by atoms with Crippen molar-refractivity contribution in [1.29, 1.82) is 0 Å². The quantitative estimate of drug-likeness (QED) is 0.335. The summed E-state index contributed by atoms with van der Waals surface area (Å²) in [6.45, 7) is 4.05. The Morgan fingerprint density at radius 2 is 1.21 bits per heavy atom. The van der Waals surface area contributed by atoms with E-state index in [4.69, 9.17) is 0 Å². The lowest BCUT2D eigenvalue weighted by Gasteiger charge is -2.17. The van der Waals surface area contributed by atoms with E-state index in [1.54, 1.807) is 0 Å².